The minimum absolute atomic E-state index is 0.0832. The summed E-state index contributed by atoms with van der Waals surface area (Å²) in [6.45, 7) is 0.547. The van der Waals surface area contributed by atoms with E-state index in [0.717, 1.165) is 5.56 Å². The number of hydrogen-bond donors (Lipinski definition) is 0. The molecule has 0 aliphatic rings. The molecule has 4 rings (SSSR count). The first-order valence-electron chi connectivity index (χ1n) is 11.6. The van der Waals surface area contributed by atoms with Crippen LogP contribution in [0, 0.1) is 0 Å². The number of benzene rings is 3. The van der Waals surface area contributed by atoms with Gasteiger partial charge in [-0.2, -0.15) is 0 Å². The predicted molar refractivity (Wildman–Crippen MR) is 142 cm³/mol. The van der Waals surface area contributed by atoms with Gasteiger partial charge in [-0.05, 0) is 66.2 Å². The number of allylic oxidation sites excluding steroid dienone is 1. The second-order valence-electron chi connectivity index (χ2n) is 7.91. The molecule has 6 nitrogen and oxygen atoms in total. The third kappa shape index (κ3) is 8.05. The number of pyridine rings is 1. The number of aromatic nitrogens is 1. The number of carbonyl (C=O) groups excluding carboxylic acids is 2. The summed E-state index contributed by atoms with van der Waals surface area (Å²) in [7, 11) is 0. The molecule has 1 aromatic heterocycles. The van der Waals surface area contributed by atoms with Crippen LogP contribution in [0.5, 0.6) is 17.4 Å². The second-order valence-corrected chi connectivity index (χ2v) is 8.35. The maximum absolute atomic E-state index is 12.4. The highest BCUT2D eigenvalue weighted by atomic mass is 35.5. The van der Waals surface area contributed by atoms with Crippen molar-refractivity contribution in [3.05, 3.63) is 125 Å². The van der Waals surface area contributed by atoms with Gasteiger partial charge in [0.2, 0.25) is 5.88 Å². The van der Waals surface area contributed by atoms with Gasteiger partial charge in [0.05, 0.1) is 18.8 Å². The molecule has 1 heterocycles. The van der Waals surface area contributed by atoms with Crippen molar-refractivity contribution in [1.29, 1.82) is 0 Å². The van der Waals surface area contributed by atoms with Crippen molar-refractivity contribution in [2.45, 2.75) is 6.42 Å². The van der Waals surface area contributed by atoms with E-state index in [4.69, 9.17) is 25.8 Å². The van der Waals surface area contributed by atoms with Crippen LogP contribution in [0.4, 0.5) is 0 Å². The average Bonchev–Trinajstić information content (AvgIpc) is 2.94. The fourth-order valence-corrected chi connectivity index (χ4v) is 3.39. The number of hydrogen-bond acceptors (Lipinski definition) is 6. The van der Waals surface area contributed by atoms with Crippen LogP contribution in [0.1, 0.15) is 32.7 Å². The highest BCUT2D eigenvalue weighted by Crippen LogP contribution is 2.22. The maximum atomic E-state index is 12.4. The third-order valence-electron chi connectivity index (χ3n) is 5.16. The highest BCUT2D eigenvalue weighted by molar-refractivity contribution is 6.30. The molecular formula is C30H24ClNO5. The van der Waals surface area contributed by atoms with Gasteiger partial charge in [0, 0.05) is 29.3 Å². The summed E-state index contributed by atoms with van der Waals surface area (Å²) in [5, 5.41) is 0.598. The van der Waals surface area contributed by atoms with Crippen LogP contribution in [-0.4, -0.2) is 30.0 Å². The Morgan fingerprint density at radius 2 is 1.54 bits per heavy atom. The van der Waals surface area contributed by atoms with E-state index in [0.29, 0.717) is 40.7 Å². The summed E-state index contributed by atoms with van der Waals surface area (Å²) < 4.78 is 16.7. The molecule has 0 radical (unpaired) electrons. The van der Waals surface area contributed by atoms with Crippen molar-refractivity contribution < 1.29 is 23.8 Å². The van der Waals surface area contributed by atoms with Gasteiger partial charge in [-0.15, -0.1) is 0 Å². The lowest BCUT2D eigenvalue weighted by Crippen LogP contribution is -2.09. The molecule has 0 saturated carbocycles. The Labute approximate surface area is 220 Å². The fraction of sp³-hybridized carbons (Fsp3) is 0.100. The smallest absolute Gasteiger partial charge is 0.338 e. The zero-order valence-electron chi connectivity index (χ0n) is 19.9. The fourth-order valence-electron chi connectivity index (χ4n) is 3.26. The Kier molecular flexibility index (Phi) is 9.05. The van der Waals surface area contributed by atoms with Crippen LogP contribution in [0.3, 0.4) is 0 Å². The molecule has 7 heteroatoms. The van der Waals surface area contributed by atoms with E-state index in [9.17, 15) is 9.59 Å². The van der Waals surface area contributed by atoms with Crippen LogP contribution in [0.15, 0.2) is 103 Å². The summed E-state index contributed by atoms with van der Waals surface area (Å²) in [6, 6.07) is 26.5. The van der Waals surface area contributed by atoms with Crippen LogP contribution < -0.4 is 9.47 Å². The van der Waals surface area contributed by atoms with Crippen LogP contribution in [0.25, 0.3) is 6.08 Å². The van der Waals surface area contributed by atoms with Gasteiger partial charge in [-0.25, -0.2) is 9.78 Å². The molecule has 4 aromatic rings. The monoisotopic (exact) mass is 513 g/mol. The third-order valence-corrected chi connectivity index (χ3v) is 5.41. The molecule has 3 aromatic carbocycles. The summed E-state index contributed by atoms with van der Waals surface area (Å²) >= 11 is 5.88. The average molecular weight is 514 g/mol. The van der Waals surface area contributed by atoms with Crippen molar-refractivity contribution in [2.24, 2.45) is 0 Å². The van der Waals surface area contributed by atoms with Crippen molar-refractivity contribution in [2.75, 3.05) is 13.2 Å². The van der Waals surface area contributed by atoms with Crippen molar-refractivity contribution in [3.8, 4) is 17.4 Å². The standard InChI is InChI=1S/C30H24ClNO5/c31-25-10-14-27(15-11-25)37-29-21-24(17-18-32-29)30(34)36-20-4-19-35-26-12-8-23(9-13-26)28(33)16-7-22-5-2-1-3-6-22/h1-3,5-18,21H,4,19-20H2. The van der Waals surface area contributed by atoms with E-state index in [1.807, 2.05) is 30.3 Å². The van der Waals surface area contributed by atoms with Crippen LogP contribution >= 0.6 is 11.6 Å². The van der Waals surface area contributed by atoms with Gasteiger partial charge in [-0.3, -0.25) is 4.79 Å². The van der Waals surface area contributed by atoms with Crippen LogP contribution in [-0.2, 0) is 4.74 Å². The molecule has 0 amide bonds. The number of rotatable bonds is 11. The Balaban J connectivity index is 1.18. The number of nitrogens with zero attached hydrogens (tertiary/aromatic N) is 1. The minimum atomic E-state index is -0.477. The second kappa shape index (κ2) is 13.0. The van der Waals surface area contributed by atoms with Gasteiger partial charge >= 0.3 is 5.97 Å². The van der Waals surface area contributed by atoms with Gasteiger partial charge in [0.25, 0.3) is 0 Å². The zero-order valence-corrected chi connectivity index (χ0v) is 20.6. The lowest BCUT2D eigenvalue weighted by Gasteiger charge is -2.09. The molecule has 0 aliphatic heterocycles. The molecule has 0 saturated heterocycles. The lowest BCUT2D eigenvalue weighted by atomic mass is 10.1. The first-order chi connectivity index (χ1) is 18.1. The van der Waals surface area contributed by atoms with E-state index >= 15 is 0 Å². The lowest BCUT2D eigenvalue weighted by molar-refractivity contribution is 0.0485. The van der Waals surface area contributed by atoms with E-state index in [1.54, 1.807) is 66.7 Å². The van der Waals surface area contributed by atoms with E-state index in [2.05, 4.69) is 4.98 Å². The number of halogens is 1. The molecule has 0 fully saturated rings. The molecule has 0 atom stereocenters. The number of ether oxygens (including phenoxy) is 3. The van der Waals surface area contributed by atoms with E-state index in [1.165, 1.54) is 12.3 Å². The van der Waals surface area contributed by atoms with Crippen LogP contribution in [0.2, 0.25) is 5.02 Å². The topological polar surface area (TPSA) is 74.7 Å². The number of ketones is 1. The number of esters is 1. The normalized spacial score (nSPS) is 10.7. The molecule has 0 aliphatic carbocycles. The van der Waals surface area contributed by atoms with Gasteiger partial charge in [-0.1, -0.05) is 48.0 Å². The molecule has 186 valence electrons. The highest BCUT2D eigenvalue weighted by Gasteiger charge is 2.10. The molecular weight excluding hydrogens is 490 g/mol. The SMILES string of the molecule is O=C(C=Cc1ccccc1)c1ccc(OCCCOC(=O)c2ccnc(Oc3ccc(Cl)cc3)c2)cc1. The largest absolute Gasteiger partial charge is 0.493 e. The molecule has 37 heavy (non-hydrogen) atoms. The Morgan fingerprint density at radius 1 is 0.811 bits per heavy atom. The minimum Gasteiger partial charge on any atom is -0.493 e. The first-order valence-corrected chi connectivity index (χ1v) is 12.0. The van der Waals surface area contributed by atoms with Crippen molar-refractivity contribution >= 4 is 29.4 Å². The Morgan fingerprint density at radius 3 is 2.30 bits per heavy atom. The summed E-state index contributed by atoms with van der Waals surface area (Å²) in [6.07, 6.45) is 5.32. The summed E-state index contributed by atoms with van der Waals surface area (Å²) in [5.41, 5.74) is 1.87. The Bertz CT molecular complexity index is 1350. The van der Waals surface area contributed by atoms with E-state index in [-0.39, 0.29) is 18.3 Å². The van der Waals surface area contributed by atoms with Gasteiger partial charge < -0.3 is 14.2 Å². The number of carbonyl (C=O) groups is 2. The summed E-state index contributed by atoms with van der Waals surface area (Å²) in [5.74, 6) is 0.904. The molecule has 0 bridgehead atoms. The Hall–Kier alpha value is -4.42. The summed E-state index contributed by atoms with van der Waals surface area (Å²) in [4.78, 5) is 28.8. The van der Waals surface area contributed by atoms with Gasteiger partial charge in [0.1, 0.15) is 11.5 Å². The molecule has 0 N–H and O–H groups in total. The molecule has 0 unspecified atom stereocenters. The molecule has 0 spiro atoms. The van der Waals surface area contributed by atoms with Crippen molar-refractivity contribution in [1.82, 2.24) is 4.98 Å². The first kappa shape index (κ1) is 25.7. The quantitative estimate of drug-likeness (QED) is 0.0925. The maximum Gasteiger partial charge on any atom is 0.338 e. The van der Waals surface area contributed by atoms with Gasteiger partial charge in [0.15, 0.2) is 5.78 Å². The predicted octanol–water partition coefficient (Wildman–Crippen LogP) is 7.05. The zero-order chi connectivity index (χ0) is 25.9. The van der Waals surface area contributed by atoms with E-state index < -0.39 is 5.97 Å². The van der Waals surface area contributed by atoms with Crippen molar-refractivity contribution in [3.63, 3.8) is 0 Å².